The van der Waals surface area contributed by atoms with Crippen LogP contribution in [0.25, 0.3) is 0 Å². The molecule has 2 aromatic carbocycles. The van der Waals surface area contributed by atoms with Gasteiger partial charge in [-0.3, -0.25) is 14.3 Å². The molecule has 1 amide bonds. The van der Waals surface area contributed by atoms with Gasteiger partial charge in [0.1, 0.15) is 0 Å². The van der Waals surface area contributed by atoms with E-state index in [4.69, 9.17) is 0 Å². The van der Waals surface area contributed by atoms with Gasteiger partial charge in [0.2, 0.25) is 0 Å². The molecule has 6 nitrogen and oxygen atoms in total. The molecule has 0 atom stereocenters. The minimum Gasteiger partial charge on any atom is -0.352 e. The predicted molar refractivity (Wildman–Crippen MR) is 96.3 cm³/mol. The summed E-state index contributed by atoms with van der Waals surface area (Å²) in [4.78, 5) is 23.5. The highest BCUT2D eigenvalue weighted by Crippen LogP contribution is 2.20. The van der Waals surface area contributed by atoms with Crippen molar-refractivity contribution in [3.63, 3.8) is 0 Å². The van der Waals surface area contributed by atoms with Crippen LogP contribution in [0.1, 0.15) is 41.0 Å². The number of amides is 1. The van der Waals surface area contributed by atoms with Crippen molar-refractivity contribution in [2.24, 2.45) is 0 Å². The Bertz CT molecular complexity index is 874. The summed E-state index contributed by atoms with van der Waals surface area (Å²) in [5, 5.41) is 2.72. The highest BCUT2D eigenvalue weighted by Gasteiger charge is 2.18. The summed E-state index contributed by atoms with van der Waals surface area (Å²) in [5.41, 5.74) is 0.880. The summed E-state index contributed by atoms with van der Waals surface area (Å²) >= 11 is 0. The summed E-state index contributed by atoms with van der Waals surface area (Å²) in [5.74, 6) is -0.484. The van der Waals surface area contributed by atoms with Crippen molar-refractivity contribution in [3.05, 3.63) is 59.7 Å². The van der Waals surface area contributed by atoms with E-state index in [1.54, 1.807) is 18.2 Å². The van der Waals surface area contributed by atoms with Gasteiger partial charge in [-0.05, 0) is 37.6 Å². The van der Waals surface area contributed by atoms with Gasteiger partial charge in [0, 0.05) is 12.1 Å². The van der Waals surface area contributed by atoms with E-state index in [9.17, 15) is 18.0 Å². The molecule has 0 aliphatic rings. The van der Waals surface area contributed by atoms with Gasteiger partial charge in [-0.25, -0.2) is 8.42 Å². The fraction of sp³-hybridized carbons (Fsp3) is 0.222. The van der Waals surface area contributed by atoms with Crippen LogP contribution >= 0.6 is 0 Å². The molecule has 0 saturated heterocycles. The third-order valence-electron chi connectivity index (χ3n) is 3.52. The van der Waals surface area contributed by atoms with Crippen LogP contribution in [0.3, 0.4) is 0 Å². The molecule has 0 spiro atoms. The first-order valence-corrected chi connectivity index (χ1v) is 9.34. The van der Waals surface area contributed by atoms with Crippen molar-refractivity contribution in [3.8, 4) is 0 Å². The summed E-state index contributed by atoms with van der Waals surface area (Å²) in [6.07, 6.45) is 0.780. The third kappa shape index (κ3) is 4.67. The molecule has 132 valence electrons. The van der Waals surface area contributed by atoms with E-state index in [1.165, 1.54) is 37.3 Å². The first-order chi connectivity index (χ1) is 11.8. The number of ketones is 1. The van der Waals surface area contributed by atoms with Crippen LogP contribution in [0.15, 0.2) is 53.4 Å². The lowest BCUT2D eigenvalue weighted by Gasteiger charge is -2.12. The fourth-order valence-electron chi connectivity index (χ4n) is 2.18. The van der Waals surface area contributed by atoms with E-state index in [0.717, 1.165) is 6.42 Å². The molecule has 0 aliphatic carbocycles. The van der Waals surface area contributed by atoms with E-state index in [0.29, 0.717) is 12.1 Å². The monoisotopic (exact) mass is 360 g/mol. The number of Topliss-reactive ketones (excluding diaryl/α,β-unsaturated/α-hetero) is 1. The largest absolute Gasteiger partial charge is 0.352 e. The van der Waals surface area contributed by atoms with Gasteiger partial charge >= 0.3 is 0 Å². The second kappa shape index (κ2) is 7.94. The number of hydrogen-bond donors (Lipinski definition) is 2. The highest BCUT2D eigenvalue weighted by molar-refractivity contribution is 7.92. The van der Waals surface area contributed by atoms with Gasteiger partial charge in [-0.1, -0.05) is 31.2 Å². The standard InChI is InChI=1S/C18H20N2O4S/c1-3-12-19-18(22)16-6-4-5-7-17(16)20-25(23,24)15-10-8-14(9-11-15)13(2)21/h4-11,20H,3,12H2,1-2H3,(H,19,22). The summed E-state index contributed by atoms with van der Waals surface area (Å²) < 4.78 is 27.5. The number of carbonyl (C=O) groups excluding carboxylic acids is 2. The quantitative estimate of drug-likeness (QED) is 0.743. The second-order valence-corrected chi connectivity index (χ2v) is 7.17. The van der Waals surface area contributed by atoms with E-state index in [-0.39, 0.29) is 27.8 Å². The minimum absolute atomic E-state index is 0.0151. The van der Waals surface area contributed by atoms with E-state index in [1.807, 2.05) is 6.92 Å². The molecule has 0 radical (unpaired) electrons. The Morgan fingerprint density at radius 3 is 2.24 bits per heavy atom. The van der Waals surface area contributed by atoms with Crippen LogP contribution in [-0.2, 0) is 10.0 Å². The van der Waals surface area contributed by atoms with E-state index >= 15 is 0 Å². The Morgan fingerprint density at radius 1 is 1.00 bits per heavy atom. The fourth-order valence-corrected chi connectivity index (χ4v) is 3.26. The molecule has 2 rings (SSSR count). The summed E-state index contributed by atoms with van der Waals surface area (Å²) in [6, 6.07) is 12.0. The SMILES string of the molecule is CCCNC(=O)c1ccccc1NS(=O)(=O)c1ccc(C(C)=O)cc1. The zero-order chi connectivity index (χ0) is 18.4. The minimum atomic E-state index is -3.87. The normalized spacial score (nSPS) is 11.0. The van der Waals surface area contributed by atoms with Crippen molar-refractivity contribution in [1.29, 1.82) is 0 Å². The summed E-state index contributed by atoms with van der Waals surface area (Å²) in [6.45, 7) is 3.85. The average Bonchev–Trinajstić information content (AvgIpc) is 2.60. The van der Waals surface area contributed by atoms with Crippen molar-refractivity contribution in [2.75, 3.05) is 11.3 Å². The molecule has 0 unspecified atom stereocenters. The van der Waals surface area contributed by atoms with E-state index in [2.05, 4.69) is 10.0 Å². The number of sulfonamides is 1. The molecule has 2 aromatic rings. The molecule has 0 bridgehead atoms. The second-order valence-electron chi connectivity index (χ2n) is 5.49. The Kier molecular flexibility index (Phi) is 5.93. The molecule has 7 heteroatoms. The van der Waals surface area contributed by atoms with Gasteiger partial charge in [-0.2, -0.15) is 0 Å². The van der Waals surface area contributed by atoms with Gasteiger partial charge in [0.25, 0.3) is 15.9 Å². The maximum Gasteiger partial charge on any atom is 0.261 e. The molecule has 25 heavy (non-hydrogen) atoms. The predicted octanol–water partition coefficient (Wildman–Crippen LogP) is 2.83. The zero-order valence-electron chi connectivity index (χ0n) is 14.1. The topological polar surface area (TPSA) is 92.3 Å². The number of nitrogens with one attached hydrogen (secondary N) is 2. The van der Waals surface area contributed by atoms with Gasteiger partial charge in [0.05, 0.1) is 16.1 Å². The maximum absolute atomic E-state index is 12.5. The Labute approximate surface area is 147 Å². The lowest BCUT2D eigenvalue weighted by atomic mass is 10.1. The molecule has 2 N–H and O–H groups in total. The van der Waals surface area contributed by atoms with Gasteiger partial charge < -0.3 is 5.32 Å². The number of para-hydroxylation sites is 1. The Balaban J connectivity index is 2.29. The number of carbonyl (C=O) groups is 2. The third-order valence-corrected chi connectivity index (χ3v) is 4.90. The molecule has 0 aliphatic heterocycles. The molecular formula is C18H20N2O4S. The molecule has 0 saturated carbocycles. The number of benzene rings is 2. The van der Waals surface area contributed by atoms with Crippen LogP contribution in [0.2, 0.25) is 0 Å². The lowest BCUT2D eigenvalue weighted by Crippen LogP contribution is -2.25. The average molecular weight is 360 g/mol. The Hall–Kier alpha value is -2.67. The van der Waals surface area contributed by atoms with Crippen LogP contribution in [0.5, 0.6) is 0 Å². The van der Waals surface area contributed by atoms with Crippen molar-refractivity contribution in [2.45, 2.75) is 25.2 Å². The Morgan fingerprint density at radius 2 is 1.64 bits per heavy atom. The van der Waals surface area contributed by atoms with Crippen LogP contribution < -0.4 is 10.0 Å². The smallest absolute Gasteiger partial charge is 0.261 e. The highest BCUT2D eigenvalue weighted by atomic mass is 32.2. The maximum atomic E-state index is 12.5. The van der Waals surface area contributed by atoms with E-state index < -0.39 is 10.0 Å². The van der Waals surface area contributed by atoms with Gasteiger partial charge in [-0.15, -0.1) is 0 Å². The van der Waals surface area contributed by atoms with Crippen molar-refractivity contribution in [1.82, 2.24) is 5.32 Å². The first kappa shape index (κ1) is 18.7. The summed E-state index contributed by atoms with van der Waals surface area (Å²) in [7, 11) is -3.87. The number of anilines is 1. The van der Waals surface area contributed by atoms with Crippen LogP contribution in [0.4, 0.5) is 5.69 Å². The number of hydrogen-bond acceptors (Lipinski definition) is 4. The van der Waals surface area contributed by atoms with Crippen LogP contribution in [0, 0.1) is 0 Å². The lowest BCUT2D eigenvalue weighted by molar-refractivity contribution is 0.0953. The van der Waals surface area contributed by atoms with Gasteiger partial charge in [0.15, 0.2) is 5.78 Å². The first-order valence-electron chi connectivity index (χ1n) is 7.86. The molecule has 0 aromatic heterocycles. The molecule has 0 heterocycles. The zero-order valence-corrected chi connectivity index (χ0v) is 14.9. The molecular weight excluding hydrogens is 340 g/mol. The van der Waals surface area contributed by atoms with Crippen molar-refractivity contribution < 1.29 is 18.0 Å². The number of rotatable bonds is 7. The molecule has 0 fully saturated rings. The van der Waals surface area contributed by atoms with Crippen molar-refractivity contribution >= 4 is 27.4 Å². The van der Waals surface area contributed by atoms with Crippen LogP contribution in [-0.4, -0.2) is 26.7 Å².